The molecule has 3 aliphatic rings. The predicted molar refractivity (Wildman–Crippen MR) is 108 cm³/mol. The standard InChI is InChI=1S/C21H32N2O4S/c24-19-6-10-22(11-7-19)15-20-14-21(17-27-20)8-12-23(13-9-21)28(25,26)16-18-4-2-1-3-5-18/h1-5,19-20,24H,6-17H2/t20-/m0/s1. The van der Waals surface area contributed by atoms with Gasteiger partial charge in [-0.05, 0) is 43.1 Å². The Kier molecular flexibility index (Phi) is 6.09. The summed E-state index contributed by atoms with van der Waals surface area (Å²) in [6, 6.07) is 9.42. The van der Waals surface area contributed by atoms with Crippen molar-refractivity contribution in [3.05, 3.63) is 35.9 Å². The van der Waals surface area contributed by atoms with Crippen molar-refractivity contribution < 1.29 is 18.3 Å². The molecule has 1 aromatic rings. The fraction of sp³-hybridized carbons (Fsp3) is 0.714. The number of sulfonamides is 1. The summed E-state index contributed by atoms with van der Waals surface area (Å²) in [7, 11) is -3.26. The van der Waals surface area contributed by atoms with Crippen molar-refractivity contribution in [2.75, 3.05) is 39.3 Å². The van der Waals surface area contributed by atoms with Gasteiger partial charge in [0, 0.05) is 32.7 Å². The van der Waals surface area contributed by atoms with Crippen LogP contribution in [0.5, 0.6) is 0 Å². The minimum absolute atomic E-state index is 0.0841. The SMILES string of the molecule is O=S(=O)(Cc1ccccc1)N1CCC2(CC1)CO[C@H](CN1CCC(O)CC1)C2. The van der Waals surface area contributed by atoms with Crippen LogP contribution in [0.25, 0.3) is 0 Å². The van der Waals surface area contributed by atoms with Gasteiger partial charge in [-0.25, -0.2) is 12.7 Å². The molecule has 28 heavy (non-hydrogen) atoms. The summed E-state index contributed by atoms with van der Waals surface area (Å²) in [5.74, 6) is 0.0841. The lowest BCUT2D eigenvalue weighted by Gasteiger charge is -2.38. The van der Waals surface area contributed by atoms with E-state index in [4.69, 9.17) is 4.74 Å². The highest BCUT2D eigenvalue weighted by molar-refractivity contribution is 7.88. The van der Waals surface area contributed by atoms with Crippen LogP contribution in [0.3, 0.4) is 0 Å². The maximum Gasteiger partial charge on any atom is 0.218 e. The molecule has 4 rings (SSSR count). The molecular weight excluding hydrogens is 376 g/mol. The molecule has 1 N–H and O–H groups in total. The number of aliphatic hydroxyl groups is 1. The molecule has 7 heteroatoms. The fourth-order valence-corrected chi connectivity index (χ4v) is 6.40. The molecule has 0 radical (unpaired) electrons. The normalized spacial score (nSPS) is 27.4. The van der Waals surface area contributed by atoms with Gasteiger partial charge in [0.25, 0.3) is 0 Å². The monoisotopic (exact) mass is 408 g/mol. The van der Waals surface area contributed by atoms with E-state index in [9.17, 15) is 13.5 Å². The number of piperidine rings is 2. The molecular formula is C21H32N2O4S. The quantitative estimate of drug-likeness (QED) is 0.805. The number of nitrogens with zero attached hydrogens (tertiary/aromatic N) is 2. The van der Waals surface area contributed by atoms with E-state index in [2.05, 4.69) is 4.90 Å². The van der Waals surface area contributed by atoms with Gasteiger partial charge in [0.1, 0.15) is 0 Å². The zero-order valence-electron chi connectivity index (χ0n) is 16.5. The number of aliphatic hydroxyl groups excluding tert-OH is 1. The van der Waals surface area contributed by atoms with Gasteiger partial charge >= 0.3 is 0 Å². The largest absolute Gasteiger partial charge is 0.393 e. The van der Waals surface area contributed by atoms with Crippen LogP contribution in [0.2, 0.25) is 0 Å². The van der Waals surface area contributed by atoms with Crippen molar-refractivity contribution in [2.24, 2.45) is 5.41 Å². The van der Waals surface area contributed by atoms with Gasteiger partial charge in [-0.3, -0.25) is 0 Å². The van der Waals surface area contributed by atoms with E-state index in [0.717, 1.165) is 63.9 Å². The van der Waals surface area contributed by atoms with Gasteiger partial charge in [-0.1, -0.05) is 30.3 Å². The smallest absolute Gasteiger partial charge is 0.218 e. The Morgan fingerprint density at radius 3 is 2.43 bits per heavy atom. The number of hydrogen-bond acceptors (Lipinski definition) is 5. The first kappa shape index (κ1) is 20.3. The highest BCUT2D eigenvalue weighted by atomic mass is 32.2. The van der Waals surface area contributed by atoms with Crippen LogP contribution in [0.1, 0.15) is 37.7 Å². The second-order valence-electron chi connectivity index (χ2n) is 8.81. The molecule has 6 nitrogen and oxygen atoms in total. The molecule has 156 valence electrons. The van der Waals surface area contributed by atoms with Crippen LogP contribution in [0.4, 0.5) is 0 Å². The minimum Gasteiger partial charge on any atom is -0.393 e. The van der Waals surface area contributed by atoms with Crippen molar-refractivity contribution in [2.45, 2.75) is 50.1 Å². The summed E-state index contributed by atoms with van der Waals surface area (Å²) in [6.45, 7) is 4.77. The molecule has 0 amide bonds. The number of rotatable bonds is 5. The molecule has 3 aliphatic heterocycles. The molecule has 0 aromatic heterocycles. The maximum absolute atomic E-state index is 12.8. The molecule has 3 fully saturated rings. The van der Waals surface area contributed by atoms with Crippen molar-refractivity contribution in [3.8, 4) is 0 Å². The van der Waals surface area contributed by atoms with Crippen molar-refractivity contribution in [1.29, 1.82) is 0 Å². The summed E-state index contributed by atoms with van der Waals surface area (Å²) in [6.07, 6.45) is 4.60. The van der Waals surface area contributed by atoms with E-state index in [1.807, 2.05) is 30.3 Å². The first-order valence-corrected chi connectivity index (χ1v) is 12.1. The summed E-state index contributed by atoms with van der Waals surface area (Å²) >= 11 is 0. The molecule has 0 saturated carbocycles. The first-order chi connectivity index (χ1) is 13.4. The molecule has 1 spiro atoms. The maximum atomic E-state index is 12.8. The van der Waals surface area contributed by atoms with Crippen LogP contribution in [0.15, 0.2) is 30.3 Å². The van der Waals surface area contributed by atoms with Crippen molar-refractivity contribution in [3.63, 3.8) is 0 Å². The fourth-order valence-electron chi connectivity index (χ4n) is 4.87. The summed E-state index contributed by atoms with van der Waals surface area (Å²) in [5.41, 5.74) is 0.984. The van der Waals surface area contributed by atoms with Gasteiger partial charge in [-0.2, -0.15) is 0 Å². The van der Waals surface area contributed by atoms with E-state index in [-0.39, 0.29) is 23.4 Å². The Morgan fingerprint density at radius 1 is 1.07 bits per heavy atom. The Bertz CT molecular complexity index is 739. The lowest BCUT2D eigenvalue weighted by atomic mass is 9.77. The summed E-state index contributed by atoms with van der Waals surface area (Å²) < 4.78 is 33.4. The van der Waals surface area contributed by atoms with E-state index in [0.29, 0.717) is 13.1 Å². The second-order valence-corrected chi connectivity index (χ2v) is 10.8. The van der Waals surface area contributed by atoms with Gasteiger partial charge in [-0.15, -0.1) is 0 Å². The average molecular weight is 409 g/mol. The second kappa shape index (κ2) is 8.40. The summed E-state index contributed by atoms with van der Waals surface area (Å²) in [4.78, 5) is 2.40. The topological polar surface area (TPSA) is 70.1 Å². The number of hydrogen-bond donors (Lipinski definition) is 1. The first-order valence-electron chi connectivity index (χ1n) is 10.5. The van der Waals surface area contributed by atoms with Gasteiger partial charge in [0.15, 0.2) is 0 Å². The molecule has 0 unspecified atom stereocenters. The Morgan fingerprint density at radius 2 is 1.75 bits per heavy atom. The third kappa shape index (κ3) is 4.76. The molecule has 1 aromatic carbocycles. The summed E-state index contributed by atoms with van der Waals surface area (Å²) in [5, 5.41) is 9.66. The third-order valence-corrected chi connectivity index (χ3v) is 8.52. The third-order valence-electron chi connectivity index (χ3n) is 6.67. The van der Waals surface area contributed by atoms with Crippen LogP contribution in [-0.2, 0) is 20.5 Å². The molecule has 3 saturated heterocycles. The van der Waals surface area contributed by atoms with Crippen LogP contribution in [0, 0.1) is 5.41 Å². The highest BCUT2D eigenvalue weighted by Gasteiger charge is 2.44. The molecule has 0 aliphatic carbocycles. The number of benzene rings is 1. The molecule has 1 atom stereocenters. The highest BCUT2D eigenvalue weighted by Crippen LogP contribution is 2.42. The van der Waals surface area contributed by atoms with E-state index >= 15 is 0 Å². The van der Waals surface area contributed by atoms with Crippen molar-refractivity contribution in [1.82, 2.24) is 9.21 Å². The van der Waals surface area contributed by atoms with Gasteiger partial charge < -0.3 is 14.7 Å². The number of likely N-dealkylation sites (tertiary alicyclic amines) is 1. The average Bonchev–Trinajstić information content (AvgIpc) is 3.06. The Hall–Kier alpha value is -0.990. The Balaban J connectivity index is 1.28. The van der Waals surface area contributed by atoms with E-state index < -0.39 is 10.0 Å². The predicted octanol–water partition coefficient (Wildman–Crippen LogP) is 1.84. The lowest BCUT2D eigenvalue weighted by Crippen LogP contribution is -2.44. The Labute approximate surface area is 168 Å². The zero-order valence-corrected chi connectivity index (χ0v) is 17.3. The van der Waals surface area contributed by atoms with Crippen LogP contribution >= 0.6 is 0 Å². The van der Waals surface area contributed by atoms with Crippen molar-refractivity contribution >= 4 is 10.0 Å². The van der Waals surface area contributed by atoms with Crippen LogP contribution in [-0.4, -0.2) is 74.3 Å². The van der Waals surface area contributed by atoms with Gasteiger partial charge in [0.05, 0.1) is 24.6 Å². The molecule has 0 bridgehead atoms. The molecule has 3 heterocycles. The number of ether oxygens (including phenoxy) is 1. The lowest BCUT2D eigenvalue weighted by molar-refractivity contribution is 0.0327. The zero-order chi connectivity index (χ0) is 19.6. The van der Waals surface area contributed by atoms with Crippen LogP contribution < -0.4 is 0 Å². The van der Waals surface area contributed by atoms with Gasteiger partial charge in [0.2, 0.25) is 10.0 Å². The van der Waals surface area contributed by atoms with E-state index in [1.165, 1.54) is 0 Å². The minimum atomic E-state index is -3.26. The van der Waals surface area contributed by atoms with E-state index in [1.54, 1.807) is 4.31 Å².